The van der Waals surface area contributed by atoms with E-state index in [1.165, 1.54) is 18.1 Å². The van der Waals surface area contributed by atoms with E-state index in [0.29, 0.717) is 29.8 Å². The van der Waals surface area contributed by atoms with E-state index in [1.54, 1.807) is 18.2 Å². The summed E-state index contributed by atoms with van der Waals surface area (Å²) in [5, 5.41) is 23.4. The minimum Gasteiger partial charge on any atom is -0.494 e. The number of tetrazole rings is 1. The SMILES string of the molecule is COc1ccc(C(=O)N[C@H]2CCCCC[C@H]2C(=O)O)cc1-n1cnnn1. The van der Waals surface area contributed by atoms with Gasteiger partial charge >= 0.3 is 5.97 Å². The normalized spacial score (nSPS) is 20.2. The summed E-state index contributed by atoms with van der Waals surface area (Å²) in [5.41, 5.74) is 0.922. The topological polar surface area (TPSA) is 119 Å². The Balaban J connectivity index is 1.83. The number of carbonyl (C=O) groups excluding carboxylic acids is 1. The summed E-state index contributed by atoms with van der Waals surface area (Å²) >= 11 is 0. The number of aliphatic carboxylic acids is 1. The molecule has 138 valence electrons. The number of carboxylic acids is 1. The van der Waals surface area contributed by atoms with Gasteiger partial charge in [-0.1, -0.05) is 19.3 Å². The molecular formula is C17H21N5O4. The van der Waals surface area contributed by atoms with Crippen LogP contribution in [0.1, 0.15) is 42.5 Å². The molecule has 0 unspecified atom stereocenters. The molecule has 0 aliphatic heterocycles. The van der Waals surface area contributed by atoms with Gasteiger partial charge in [0.05, 0.1) is 13.0 Å². The lowest BCUT2D eigenvalue weighted by atomic mass is 9.94. The molecule has 1 aromatic carbocycles. The largest absolute Gasteiger partial charge is 0.494 e. The smallest absolute Gasteiger partial charge is 0.308 e. The first kappa shape index (κ1) is 17.8. The quantitative estimate of drug-likeness (QED) is 0.775. The molecule has 2 atom stereocenters. The van der Waals surface area contributed by atoms with Crippen LogP contribution >= 0.6 is 0 Å². The van der Waals surface area contributed by atoms with Gasteiger partial charge in [-0.05, 0) is 41.5 Å². The molecule has 0 saturated heterocycles. The molecule has 0 bridgehead atoms. The summed E-state index contributed by atoms with van der Waals surface area (Å²) in [5.74, 6) is -1.22. The first-order chi connectivity index (χ1) is 12.6. The van der Waals surface area contributed by atoms with E-state index in [1.807, 2.05) is 0 Å². The number of aromatic nitrogens is 4. The van der Waals surface area contributed by atoms with E-state index in [-0.39, 0.29) is 11.9 Å². The van der Waals surface area contributed by atoms with Gasteiger partial charge in [0, 0.05) is 11.6 Å². The number of carboxylic acid groups (broad SMARTS) is 1. The van der Waals surface area contributed by atoms with Crippen LogP contribution in [0.15, 0.2) is 24.5 Å². The van der Waals surface area contributed by atoms with Gasteiger partial charge in [0.1, 0.15) is 17.8 Å². The number of hydrogen-bond donors (Lipinski definition) is 2. The Hall–Kier alpha value is -2.97. The van der Waals surface area contributed by atoms with Crippen molar-refractivity contribution in [3.05, 3.63) is 30.1 Å². The Morgan fingerprint density at radius 3 is 2.77 bits per heavy atom. The van der Waals surface area contributed by atoms with E-state index in [2.05, 4.69) is 20.8 Å². The molecule has 2 aromatic rings. The Bertz CT molecular complexity index is 777. The van der Waals surface area contributed by atoms with E-state index in [4.69, 9.17) is 4.74 Å². The van der Waals surface area contributed by atoms with Gasteiger partial charge < -0.3 is 15.2 Å². The number of nitrogens with one attached hydrogen (secondary N) is 1. The highest BCUT2D eigenvalue weighted by molar-refractivity contribution is 5.95. The lowest BCUT2D eigenvalue weighted by Crippen LogP contribution is -2.42. The van der Waals surface area contributed by atoms with Crippen LogP contribution in [0.25, 0.3) is 5.69 Å². The highest BCUT2D eigenvalue weighted by Gasteiger charge is 2.31. The molecule has 9 nitrogen and oxygen atoms in total. The van der Waals surface area contributed by atoms with Gasteiger partial charge in [-0.3, -0.25) is 9.59 Å². The van der Waals surface area contributed by atoms with Crippen molar-refractivity contribution < 1.29 is 19.4 Å². The number of hydrogen-bond acceptors (Lipinski definition) is 6. The first-order valence-corrected chi connectivity index (χ1v) is 8.55. The van der Waals surface area contributed by atoms with E-state index < -0.39 is 11.9 Å². The molecule has 1 aliphatic carbocycles. The molecule has 1 amide bonds. The number of nitrogens with zero attached hydrogens (tertiary/aromatic N) is 4. The third-order valence-electron chi connectivity index (χ3n) is 4.69. The summed E-state index contributed by atoms with van der Waals surface area (Å²) in [7, 11) is 1.52. The summed E-state index contributed by atoms with van der Waals surface area (Å²) in [4.78, 5) is 24.2. The maximum atomic E-state index is 12.7. The van der Waals surface area contributed by atoms with Crippen molar-refractivity contribution in [3.63, 3.8) is 0 Å². The minimum absolute atomic E-state index is 0.319. The monoisotopic (exact) mass is 359 g/mol. The van der Waals surface area contributed by atoms with Crippen LogP contribution in [-0.4, -0.2) is 50.3 Å². The summed E-state index contributed by atoms with van der Waals surface area (Å²) in [6, 6.07) is 4.54. The number of carbonyl (C=O) groups is 2. The van der Waals surface area contributed by atoms with Crippen molar-refractivity contribution in [2.24, 2.45) is 5.92 Å². The zero-order chi connectivity index (χ0) is 18.5. The van der Waals surface area contributed by atoms with Crippen LogP contribution in [0, 0.1) is 5.92 Å². The maximum absolute atomic E-state index is 12.7. The number of methoxy groups -OCH3 is 1. The van der Waals surface area contributed by atoms with Crippen LogP contribution in [0.5, 0.6) is 5.75 Å². The first-order valence-electron chi connectivity index (χ1n) is 8.55. The molecule has 26 heavy (non-hydrogen) atoms. The number of amides is 1. The van der Waals surface area contributed by atoms with Crippen molar-refractivity contribution in [2.75, 3.05) is 7.11 Å². The van der Waals surface area contributed by atoms with Gasteiger partial charge in [-0.2, -0.15) is 4.68 Å². The average Bonchev–Trinajstić information content (AvgIpc) is 3.07. The fourth-order valence-electron chi connectivity index (χ4n) is 3.31. The van der Waals surface area contributed by atoms with Gasteiger partial charge in [0.15, 0.2) is 0 Å². The third-order valence-corrected chi connectivity index (χ3v) is 4.69. The molecule has 1 aliphatic rings. The zero-order valence-electron chi connectivity index (χ0n) is 14.5. The van der Waals surface area contributed by atoms with Crippen LogP contribution in [-0.2, 0) is 4.79 Å². The van der Waals surface area contributed by atoms with Gasteiger partial charge in [0.2, 0.25) is 0 Å². The van der Waals surface area contributed by atoms with E-state index >= 15 is 0 Å². The molecule has 0 spiro atoms. The molecule has 1 saturated carbocycles. The van der Waals surface area contributed by atoms with Crippen LogP contribution in [0.3, 0.4) is 0 Å². The van der Waals surface area contributed by atoms with Crippen LogP contribution < -0.4 is 10.1 Å². The Morgan fingerprint density at radius 2 is 2.08 bits per heavy atom. The summed E-state index contributed by atoms with van der Waals surface area (Å²) < 4.78 is 6.70. The molecule has 1 aromatic heterocycles. The molecular weight excluding hydrogens is 338 g/mol. The Kier molecular flexibility index (Phi) is 5.45. The van der Waals surface area contributed by atoms with Crippen molar-refractivity contribution in [2.45, 2.75) is 38.1 Å². The average molecular weight is 359 g/mol. The molecule has 1 heterocycles. The number of benzene rings is 1. The van der Waals surface area contributed by atoms with Crippen molar-refractivity contribution in [3.8, 4) is 11.4 Å². The highest BCUT2D eigenvalue weighted by atomic mass is 16.5. The lowest BCUT2D eigenvalue weighted by Gasteiger charge is -2.23. The fraction of sp³-hybridized carbons (Fsp3) is 0.471. The lowest BCUT2D eigenvalue weighted by molar-refractivity contribution is -0.142. The van der Waals surface area contributed by atoms with Crippen LogP contribution in [0.2, 0.25) is 0 Å². The molecule has 0 radical (unpaired) electrons. The van der Waals surface area contributed by atoms with Crippen molar-refractivity contribution in [1.29, 1.82) is 0 Å². The fourth-order valence-corrected chi connectivity index (χ4v) is 3.31. The van der Waals surface area contributed by atoms with Gasteiger partial charge in [-0.25, -0.2) is 0 Å². The minimum atomic E-state index is -0.860. The van der Waals surface area contributed by atoms with E-state index in [9.17, 15) is 14.7 Å². The van der Waals surface area contributed by atoms with Crippen LogP contribution in [0.4, 0.5) is 0 Å². The second-order valence-electron chi connectivity index (χ2n) is 6.30. The second-order valence-corrected chi connectivity index (χ2v) is 6.30. The predicted octanol–water partition coefficient (Wildman–Crippen LogP) is 1.43. The highest BCUT2D eigenvalue weighted by Crippen LogP contribution is 2.26. The molecule has 9 heteroatoms. The predicted molar refractivity (Wildman–Crippen MR) is 91.2 cm³/mol. The maximum Gasteiger partial charge on any atom is 0.308 e. The Morgan fingerprint density at radius 1 is 1.27 bits per heavy atom. The van der Waals surface area contributed by atoms with Crippen molar-refractivity contribution in [1.82, 2.24) is 25.5 Å². The molecule has 1 fully saturated rings. The zero-order valence-corrected chi connectivity index (χ0v) is 14.5. The molecule has 3 rings (SSSR count). The van der Waals surface area contributed by atoms with E-state index in [0.717, 1.165) is 19.3 Å². The van der Waals surface area contributed by atoms with Gasteiger partial charge in [0.25, 0.3) is 5.91 Å². The Labute approximate surface area is 150 Å². The third kappa shape index (κ3) is 3.81. The summed E-state index contributed by atoms with van der Waals surface area (Å²) in [6.07, 6.45) is 5.42. The van der Waals surface area contributed by atoms with Crippen molar-refractivity contribution >= 4 is 11.9 Å². The molecule has 2 N–H and O–H groups in total. The standard InChI is InChI=1S/C17H21N5O4/c1-26-15-8-7-11(9-14(15)22-10-18-20-21-22)16(23)19-13-6-4-2-3-5-12(13)17(24)25/h7-10,12-13H,2-6H2,1H3,(H,19,23)(H,24,25)/t12-,13+/m1/s1. The summed E-state index contributed by atoms with van der Waals surface area (Å²) in [6.45, 7) is 0. The number of rotatable bonds is 5. The van der Waals surface area contributed by atoms with Gasteiger partial charge in [-0.15, -0.1) is 5.10 Å². The number of ether oxygens (including phenoxy) is 1. The second kappa shape index (κ2) is 7.94.